The third-order valence-corrected chi connectivity index (χ3v) is 4.44. The Kier molecular flexibility index (Phi) is 4.34. The Balaban J connectivity index is 1.83. The molecule has 0 amide bonds. The molecule has 0 radical (unpaired) electrons. The van der Waals surface area contributed by atoms with Crippen LogP contribution in [0.2, 0.25) is 0 Å². The molecule has 0 saturated heterocycles. The molecule has 0 spiro atoms. The molecule has 0 aliphatic heterocycles. The van der Waals surface area contributed by atoms with E-state index in [1.165, 1.54) is 32.1 Å². The van der Waals surface area contributed by atoms with Crippen LogP contribution in [-0.4, -0.2) is 31.8 Å². The van der Waals surface area contributed by atoms with E-state index in [0.717, 1.165) is 6.54 Å². The lowest BCUT2D eigenvalue weighted by molar-refractivity contribution is 0.243. The summed E-state index contributed by atoms with van der Waals surface area (Å²) >= 11 is 0. The SMILES string of the molecule is CCNC(Cn1nc2cnccn2c1=O)C1CCCCC1. The minimum atomic E-state index is -0.0777. The Morgan fingerprint density at radius 1 is 1.38 bits per heavy atom. The number of nitrogens with zero attached hydrogens (tertiary/aromatic N) is 4. The molecular weight excluding hydrogens is 266 g/mol. The van der Waals surface area contributed by atoms with Crippen LogP contribution >= 0.6 is 0 Å². The van der Waals surface area contributed by atoms with Crippen LogP contribution in [0, 0.1) is 5.92 Å². The fraction of sp³-hybridized carbons (Fsp3) is 0.667. The van der Waals surface area contributed by atoms with Crippen molar-refractivity contribution < 1.29 is 0 Å². The zero-order valence-corrected chi connectivity index (χ0v) is 12.5. The Labute approximate surface area is 124 Å². The fourth-order valence-electron chi connectivity index (χ4n) is 3.36. The van der Waals surface area contributed by atoms with E-state index in [1.54, 1.807) is 27.7 Å². The first-order valence-corrected chi connectivity index (χ1v) is 7.92. The van der Waals surface area contributed by atoms with Crippen LogP contribution in [-0.2, 0) is 6.54 Å². The second-order valence-electron chi connectivity index (χ2n) is 5.83. The maximum atomic E-state index is 12.4. The van der Waals surface area contributed by atoms with Crippen LogP contribution in [0.25, 0.3) is 5.65 Å². The molecule has 0 aromatic carbocycles. The Morgan fingerprint density at radius 3 is 2.90 bits per heavy atom. The quantitative estimate of drug-likeness (QED) is 0.905. The normalized spacial score (nSPS) is 18.1. The minimum Gasteiger partial charge on any atom is -0.312 e. The molecule has 1 saturated carbocycles. The number of aromatic nitrogens is 4. The van der Waals surface area contributed by atoms with Crippen molar-refractivity contribution in [3.05, 3.63) is 29.1 Å². The van der Waals surface area contributed by atoms with Crippen molar-refractivity contribution in [3.63, 3.8) is 0 Å². The van der Waals surface area contributed by atoms with Gasteiger partial charge in [-0.3, -0.25) is 4.98 Å². The smallest absolute Gasteiger partial charge is 0.312 e. The highest BCUT2D eigenvalue weighted by molar-refractivity contribution is 5.31. The van der Waals surface area contributed by atoms with Gasteiger partial charge in [-0.25, -0.2) is 13.9 Å². The summed E-state index contributed by atoms with van der Waals surface area (Å²) < 4.78 is 3.13. The van der Waals surface area contributed by atoms with E-state index >= 15 is 0 Å². The molecule has 0 bridgehead atoms. The summed E-state index contributed by atoms with van der Waals surface area (Å²) in [6.07, 6.45) is 11.4. The lowest BCUT2D eigenvalue weighted by Gasteiger charge is -2.30. The molecule has 114 valence electrons. The van der Waals surface area contributed by atoms with Gasteiger partial charge < -0.3 is 5.32 Å². The van der Waals surface area contributed by atoms with Crippen molar-refractivity contribution in [2.75, 3.05) is 6.54 Å². The van der Waals surface area contributed by atoms with Gasteiger partial charge in [0.1, 0.15) is 0 Å². The molecule has 3 rings (SSSR count). The Bertz CT molecular complexity index is 641. The van der Waals surface area contributed by atoms with E-state index < -0.39 is 0 Å². The second kappa shape index (κ2) is 6.39. The summed E-state index contributed by atoms with van der Waals surface area (Å²) in [5, 5.41) is 7.94. The van der Waals surface area contributed by atoms with Gasteiger partial charge in [0.05, 0.1) is 12.7 Å². The number of nitrogens with one attached hydrogen (secondary N) is 1. The van der Waals surface area contributed by atoms with Crippen molar-refractivity contribution in [1.82, 2.24) is 24.5 Å². The standard InChI is InChI=1S/C15H23N5O/c1-2-17-13(12-6-4-3-5-7-12)11-20-15(21)19-9-8-16-10-14(19)18-20/h8-10,12-13,17H,2-7,11H2,1H3. The van der Waals surface area contributed by atoms with Crippen LogP contribution in [0.4, 0.5) is 0 Å². The van der Waals surface area contributed by atoms with Gasteiger partial charge in [0.25, 0.3) is 0 Å². The summed E-state index contributed by atoms with van der Waals surface area (Å²) in [6, 6.07) is 0.325. The molecule has 1 aliphatic carbocycles. The predicted octanol–water partition coefficient (Wildman–Crippen LogP) is 1.45. The van der Waals surface area contributed by atoms with E-state index in [9.17, 15) is 4.79 Å². The van der Waals surface area contributed by atoms with Crippen LogP contribution < -0.4 is 11.0 Å². The highest BCUT2D eigenvalue weighted by Gasteiger charge is 2.24. The molecule has 1 N–H and O–H groups in total. The average Bonchev–Trinajstić information content (AvgIpc) is 2.84. The highest BCUT2D eigenvalue weighted by atomic mass is 16.2. The van der Waals surface area contributed by atoms with Crippen molar-refractivity contribution in [1.29, 1.82) is 0 Å². The third-order valence-electron chi connectivity index (χ3n) is 4.44. The summed E-state index contributed by atoms with van der Waals surface area (Å²) in [4.78, 5) is 16.4. The zero-order valence-electron chi connectivity index (χ0n) is 12.5. The molecule has 2 aromatic rings. The van der Waals surface area contributed by atoms with Crippen LogP contribution in [0.15, 0.2) is 23.4 Å². The van der Waals surface area contributed by atoms with Gasteiger partial charge in [0, 0.05) is 18.4 Å². The first-order valence-electron chi connectivity index (χ1n) is 7.92. The van der Waals surface area contributed by atoms with Crippen molar-refractivity contribution in [3.8, 4) is 0 Å². The van der Waals surface area contributed by atoms with Crippen molar-refractivity contribution >= 4 is 5.65 Å². The van der Waals surface area contributed by atoms with Gasteiger partial charge in [-0.2, -0.15) is 0 Å². The molecule has 6 nitrogen and oxygen atoms in total. The van der Waals surface area contributed by atoms with E-state index in [2.05, 4.69) is 22.3 Å². The molecule has 1 unspecified atom stereocenters. The molecule has 1 aliphatic rings. The molecule has 1 atom stereocenters. The summed E-state index contributed by atoms with van der Waals surface area (Å²) in [5.74, 6) is 0.647. The molecule has 1 fully saturated rings. The van der Waals surface area contributed by atoms with Crippen LogP contribution in [0.1, 0.15) is 39.0 Å². The van der Waals surface area contributed by atoms with Gasteiger partial charge in [0.15, 0.2) is 5.65 Å². The van der Waals surface area contributed by atoms with Gasteiger partial charge >= 0.3 is 5.69 Å². The fourth-order valence-corrected chi connectivity index (χ4v) is 3.36. The van der Waals surface area contributed by atoms with Crippen molar-refractivity contribution in [2.45, 2.75) is 51.6 Å². The average molecular weight is 289 g/mol. The Hall–Kier alpha value is -1.69. The number of hydrogen-bond donors (Lipinski definition) is 1. The molecule has 2 heterocycles. The highest BCUT2D eigenvalue weighted by Crippen LogP contribution is 2.27. The number of fused-ring (bicyclic) bond motifs is 1. The largest absolute Gasteiger partial charge is 0.350 e. The van der Waals surface area contributed by atoms with Crippen molar-refractivity contribution in [2.24, 2.45) is 5.92 Å². The van der Waals surface area contributed by atoms with Gasteiger partial charge in [0.2, 0.25) is 0 Å². The first-order chi connectivity index (χ1) is 10.3. The number of hydrogen-bond acceptors (Lipinski definition) is 4. The first kappa shape index (κ1) is 14.3. The van der Waals surface area contributed by atoms with E-state index in [4.69, 9.17) is 0 Å². The summed E-state index contributed by atoms with van der Waals surface area (Å²) in [6.45, 7) is 3.68. The molecule has 6 heteroatoms. The lowest BCUT2D eigenvalue weighted by Crippen LogP contribution is -2.42. The Morgan fingerprint density at radius 2 is 2.19 bits per heavy atom. The molecule has 21 heavy (non-hydrogen) atoms. The maximum absolute atomic E-state index is 12.4. The number of likely N-dealkylation sites (N-methyl/N-ethyl adjacent to an activating group) is 1. The monoisotopic (exact) mass is 289 g/mol. The zero-order chi connectivity index (χ0) is 14.7. The number of rotatable bonds is 5. The lowest BCUT2D eigenvalue weighted by atomic mass is 9.84. The van der Waals surface area contributed by atoms with E-state index in [-0.39, 0.29) is 5.69 Å². The minimum absolute atomic E-state index is 0.0777. The third kappa shape index (κ3) is 3.00. The van der Waals surface area contributed by atoms with Gasteiger partial charge in [-0.15, -0.1) is 5.10 Å². The predicted molar refractivity (Wildman–Crippen MR) is 81.3 cm³/mol. The van der Waals surface area contributed by atoms with Gasteiger partial charge in [-0.05, 0) is 25.3 Å². The van der Waals surface area contributed by atoms with Crippen LogP contribution in [0.3, 0.4) is 0 Å². The topological polar surface area (TPSA) is 64.2 Å². The molecular formula is C15H23N5O. The summed E-state index contributed by atoms with van der Waals surface area (Å²) in [7, 11) is 0. The van der Waals surface area contributed by atoms with Gasteiger partial charge in [-0.1, -0.05) is 26.2 Å². The maximum Gasteiger partial charge on any atom is 0.350 e. The molecule has 2 aromatic heterocycles. The van der Waals surface area contributed by atoms with E-state index in [1.807, 2.05) is 0 Å². The second-order valence-corrected chi connectivity index (χ2v) is 5.83. The van der Waals surface area contributed by atoms with E-state index in [0.29, 0.717) is 24.2 Å². The van der Waals surface area contributed by atoms with Crippen LogP contribution in [0.5, 0.6) is 0 Å². The summed E-state index contributed by atoms with van der Waals surface area (Å²) in [5.41, 5.74) is 0.535.